The molecular weight excluding hydrogens is 338 g/mol. The largest absolute Gasteiger partial charge is 0.495 e. The van der Waals surface area contributed by atoms with E-state index in [1.807, 2.05) is 55.3 Å². The van der Waals surface area contributed by atoms with E-state index in [1.165, 1.54) is 5.56 Å². The molecule has 0 spiro atoms. The number of hydrogen-bond acceptors (Lipinski definition) is 4. The van der Waals surface area contributed by atoms with E-state index in [0.29, 0.717) is 23.5 Å². The molecule has 3 aromatic rings. The molecule has 0 radical (unpaired) electrons. The maximum atomic E-state index is 12.7. The van der Waals surface area contributed by atoms with Crippen molar-refractivity contribution in [3.63, 3.8) is 0 Å². The van der Waals surface area contributed by atoms with Crippen LogP contribution in [0.25, 0.3) is 0 Å². The van der Waals surface area contributed by atoms with Gasteiger partial charge in [0.1, 0.15) is 11.6 Å². The van der Waals surface area contributed by atoms with Crippen molar-refractivity contribution >= 4 is 17.4 Å². The lowest BCUT2D eigenvalue weighted by molar-refractivity contribution is 0.102. The first kappa shape index (κ1) is 18.5. The van der Waals surface area contributed by atoms with E-state index in [2.05, 4.69) is 22.4 Å². The Morgan fingerprint density at radius 2 is 1.89 bits per heavy atom. The quantitative estimate of drug-likeness (QED) is 0.712. The van der Waals surface area contributed by atoms with Crippen LogP contribution in [-0.4, -0.2) is 25.0 Å². The Balaban J connectivity index is 1.77. The number of hydrogen-bond donors (Lipinski definition) is 1. The highest BCUT2D eigenvalue weighted by Crippen LogP contribution is 2.26. The Morgan fingerprint density at radius 3 is 2.63 bits per heavy atom. The first-order chi connectivity index (χ1) is 13.1. The monoisotopic (exact) mass is 361 g/mol. The topological polar surface area (TPSA) is 54.5 Å². The maximum Gasteiger partial charge on any atom is 0.255 e. The van der Waals surface area contributed by atoms with Gasteiger partial charge in [-0.3, -0.25) is 4.79 Å². The molecule has 2 aromatic carbocycles. The van der Waals surface area contributed by atoms with Crippen LogP contribution in [0.15, 0.2) is 66.9 Å². The lowest BCUT2D eigenvalue weighted by Crippen LogP contribution is -2.19. The number of amides is 1. The van der Waals surface area contributed by atoms with Gasteiger partial charge in [0.2, 0.25) is 0 Å². The third-order valence-corrected chi connectivity index (χ3v) is 4.26. The minimum Gasteiger partial charge on any atom is -0.495 e. The van der Waals surface area contributed by atoms with E-state index in [0.717, 1.165) is 11.4 Å². The lowest BCUT2D eigenvalue weighted by atomic mass is 10.2. The number of nitrogens with zero attached hydrogens (tertiary/aromatic N) is 2. The third kappa shape index (κ3) is 4.64. The summed E-state index contributed by atoms with van der Waals surface area (Å²) < 4.78 is 5.33. The highest BCUT2D eigenvalue weighted by Gasteiger charge is 2.12. The molecule has 1 aromatic heterocycles. The fraction of sp³-hybridized carbons (Fsp3) is 0.182. The zero-order valence-electron chi connectivity index (χ0n) is 15.8. The fourth-order valence-electron chi connectivity index (χ4n) is 2.82. The number of rotatable bonds is 6. The number of benzene rings is 2. The second kappa shape index (κ2) is 8.36. The van der Waals surface area contributed by atoms with Gasteiger partial charge < -0.3 is 15.0 Å². The van der Waals surface area contributed by atoms with Gasteiger partial charge in [-0.2, -0.15) is 0 Å². The summed E-state index contributed by atoms with van der Waals surface area (Å²) in [5, 5.41) is 2.92. The molecule has 1 N–H and O–H groups in total. The standard InChI is InChI=1S/C22H23N3O2/c1-16-9-10-20(27-3)19(13-16)24-22(26)18-11-12-23-21(14-18)25(2)15-17-7-5-4-6-8-17/h4-14H,15H2,1-3H3,(H,24,26). The molecule has 3 rings (SSSR count). The summed E-state index contributed by atoms with van der Waals surface area (Å²) in [7, 11) is 3.55. The molecule has 5 heteroatoms. The van der Waals surface area contributed by atoms with E-state index in [1.54, 1.807) is 25.4 Å². The average molecular weight is 361 g/mol. The average Bonchev–Trinajstić information content (AvgIpc) is 2.69. The van der Waals surface area contributed by atoms with E-state index in [-0.39, 0.29) is 5.91 Å². The van der Waals surface area contributed by atoms with E-state index < -0.39 is 0 Å². The smallest absolute Gasteiger partial charge is 0.255 e. The van der Waals surface area contributed by atoms with Gasteiger partial charge in [0.05, 0.1) is 12.8 Å². The van der Waals surface area contributed by atoms with Crippen molar-refractivity contribution in [3.8, 4) is 5.75 Å². The fourth-order valence-corrected chi connectivity index (χ4v) is 2.82. The predicted octanol–water partition coefficient (Wildman–Crippen LogP) is 4.29. The van der Waals surface area contributed by atoms with Gasteiger partial charge in [-0.25, -0.2) is 4.98 Å². The minimum absolute atomic E-state index is 0.198. The van der Waals surface area contributed by atoms with Gasteiger partial charge in [0.15, 0.2) is 0 Å². The van der Waals surface area contributed by atoms with Crippen LogP contribution in [0.1, 0.15) is 21.5 Å². The van der Waals surface area contributed by atoms with E-state index in [4.69, 9.17) is 4.74 Å². The molecule has 27 heavy (non-hydrogen) atoms. The first-order valence-corrected chi connectivity index (χ1v) is 8.74. The third-order valence-electron chi connectivity index (χ3n) is 4.26. The van der Waals surface area contributed by atoms with Crippen LogP contribution >= 0.6 is 0 Å². The van der Waals surface area contributed by atoms with E-state index in [9.17, 15) is 4.79 Å². The van der Waals surface area contributed by atoms with Crippen LogP contribution in [0.5, 0.6) is 5.75 Å². The molecule has 1 heterocycles. The number of pyridine rings is 1. The highest BCUT2D eigenvalue weighted by molar-refractivity contribution is 6.05. The number of methoxy groups -OCH3 is 1. The molecule has 0 aliphatic heterocycles. The summed E-state index contributed by atoms with van der Waals surface area (Å²) in [5.74, 6) is 1.17. The summed E-state index contributed by atoms with van der Waals surface area (Å²) in [6.45, 7) is 2.68. The van der Waals surface area contributed by atoms with Gasteiger partial charge in [-0.05, 0) is 42.3 Å². The van der Waals surface area contributed by atoms with Gasteiger partial charge >= 0.3 is 0 Å². The van der Waals surface area contributed by atoms with Crippen LogP contribution in [-0.2, 0) is 6.54 Å². The molecule has 0 atom stereocenters. The Kier molecular flexibility index (Phi) is 5.71. The molecule has 0 bridgehead atoms. The predicted molar refractivity (Wildman–Crippen MR) is 108 cm³/mol. The number of anilines is 2. The normalized spacial score (nSPS) is 10.3. The lowest BCUT2D eigenvalue weighted by Gasteiger charge is -2.19. The van der Waals surface area contributed by atoms with Crippen LogP contribution < -0.4 is 15.0 Å². The molecule has 5 nitrogen and oxygen atoms in total. The maximum absolute atomic E-state index is 12.7. The van der Waals surface area contributed by atoms with Crippen LogP contribution in [0, 0.1) is 6.92 Å². The Hall–Kier alpha value is -3.34. The Morgan fingerprint density at radius 1 is 1.11 bits per heavy atom. The minimum atomic E-state index is -0.198. The number of aryl methyl sites for hydroxylation is 1. The zero-order chi connectivity index (χ0) is 19.2. The summed E-state index contributed by atoms with van der Waals surface area (Å²) in [4.78, 5) is 19.1. The number of carbonyl (C=O) groups is 1. The van der Waals surface area contributed by atoms with Crippen molar-refractivity contribution in [2.75, 3.05) is 24.4 Å². The van der Waals surface area contributed by atoms with Crippen LogP contribution in [0.2, 0.25) is 0 Å². The van der Waals surface area contributed by atoms with Crippen molar-refractivity contribution in [2.45, 2.75) is 13.5 Å². The molecule has 0 saturated heterocycles. The van der Waals surface area contributed by atoms with Gasteiger partial charge in [-0.1, -0.05) is 36.4 Å². The molecule has 0 fully saturated rings. The molecular formula is C22H23N3O2. The molecule has 0 saturated carbocycles. The summed E-state index contributed by atoms with van der Waals surface area (Å²) >= 11 is 0. The second-order valence-corrected chi connectivity index (χ2v) is 6.40. The first-order valence-electron chi connectivity index (χ1n) is 8.74. The summed E-state index contributed by atoms with van der Waals surface area (Å²) in [6.07, 6.45) is 1.65. The summed E-state index contributed by atoms with van der Waals surface area (Å²) in [5.41, 5.74) is 3.42. The SMILES string of the molecule is COc1ccc(C)cc1NC(=O)c1ccnc(N(C)Cc2ccccc2)c1. The van der Waals surface area contributed by atoms with Crippen molar-refractivity contribution in [1.29, 1.82) is 0 Å². The van der Waals surface area contributed by atoms with Gasteiger partial charge in [-0.15, -0.1) is 0 Å². The second-order valence-electron chi connectivity index (χ2n) is 6.40. The van der Waals surface area contributed by atoms with Crippen LogP contribution in [0.3, 0.4) is 0 Å². The summed E-state index contributed by atoms with van der Waals surface area (Å²) in [6, 6.07) is 19.3. The molecule has 0 unspecified atom stereocenters. The van der Waals surface area contributed by atoms with Crippen molar-refractivity contribution in [3.05, 3.63) is 83.6 Å². The highest BCUT2D eigenvalue weighted by atomic mass is 16.5. The van der Waals surface area contributed by atoms with Crippen LogP contribution in [0.4, 0.5) is 11.5 Å². The molecule has 138 valence electrons. The van der Waals surface area contributed by atoms with Crippen molar-refractivity contribution < 1.29 is 9.53 Å². The zero-order valence-corrected chi connectivity index (χ0v) is 15.8. The Bertz CT molecular complexity index is 926. The molecule has 1 amide bonds. The van der Waals surface area contributed by atoms with Crippen molar-refractivity contribution in [2.24, 2.45) is 0 Å². The Labute approximate surface area is 159 Å². The van der Waals surface area contributed by atoms with Gasteiger partial charge in [0, 0.05) is 25.4 Å². The number of ether oxygens (including phenoxy) is 1. The number of nitrogens with one attached hydrogen (secondary N) is 1. The van der Waals surface area contributed by atoms with E-state index >= 15 is 0 Å². The molecule has 0 aliphatic rings. The van der Waals surface area contributed by atoms with Crippen molar-refractivity contribution in [1.82, 2.24) is 4.98 Å². The molecule has 0 aliphatic carbocycles. The number of carbonyl (C=O) groups excluding carboxylic acids is 1. The van der Waals surface area contributed by atoms with Gasteiger partial charge in [0.25, 0.3) is 5.91 Å². The number of aromatic nitrogens is 1.